The van der Waals surface area contributed by atoms with Crippen LogP contribution in [0.4, 0.5) is 0 Å². The highest BCUT2D eigenvalue weighted by molar-refractivity contribution is 9.10. The molecular formula is C12H16BrNO2. The average Bonchev–Trinajstić information content (AvgIpc) is 2.16. The summed E-state index contributed by atoms with van der Waals surface area (Å²) < 4.78 is 0.933. The van der Waals surface area contributed by atoms with Gasteiger partial charge in [0, 0.05) is 15.9 Å². The summed E-state index contributed by atoms with van der Waals surface area (Å²) >= 11 is 3.38. The molecule has 88 valence electrons. The van der Waals surface area contributed by atoms with Crippen LogP contribution in [-0.2, 0) is 10.2 Å². The van der Waals surface area contributed by atoms with Gasteiger partial charge in [0.1, 0.15) is 0 Å². The molecule has 0 fully saturated rings. The molecule has 1 aromatic rings. The van der Waals surface area contributed by atoms with Gasteiger partial charge in [0.25, 0.3) is 0 Å². The van der Waals surface area contributed by atoms with E-state index in [1.54, 1.807) is 0 Å². The van der Waals surface area contributed by atoms with Gasteiger partial charge in [-0.05, 0) is 24.6 Å². The predicted octanol–water partition coefficient (Wildman–Crippen LogP) is 2.53. The van der Waals surface area contributed by atoms with Gasteiger partial charge in [-0.2, -0.15) is 0 Å². The molecule has 4 heteroatoms. The Hall–Kier alpha value is -0.870. The Morgan fingerprint density at radius 2 is 2.25 bits per heavy atom. The summed E-state index contributed by atoms with van der Waals surface area (Å²) in [6, 6.07) is 7.41. The maximum atomic E-state index is 10.9. The molecule has 0 heterocycles. The molecule has 16 heavy (non-hydrogen) atoms. The minimum absolute atomic E-state index is 0.0289. The second kappa shape index (κ2) is 4.97. The third kappa shape index (κ3) is 2.83. The fourth-order valence-corrected chi connectivity index (χ4v) is 2.08. The van der Waals surface area contributed by atoms with Crippen molar-refractivity contribution in [1.82, 2.24) is 0 Å². The highest BCUT2D eigenvalue weighted by Crippen LogP contribution is 2.32. The molecular weight excluding hydrogens is 270 g/mol. The van der Waals surface area contributed by atoms with Crippen molar-refractivity contribution in [3.05, 3.63) is 34.3 Å². The van der Waals surface area contributed by atoms with Crippen LogP contribution >= 0.6 is 15.9 Å². The van der Waals surface area contributed by atoms with Gasteiger partial charge in [0.2, 0.25) is 0 Å². The van der Waals surface area contributed by atoms with Crippen LogP contribution in [-0.4, -0.2) is 17.1 Å². The number of aliphatic carboxylic acids is 1. The summed E-state index contributed by atoms with van der Waals surface area (Å²) in [5.74, 6) is -0.834. The molecule has 0 aliphatic heterocycles. The number of carboxylic acids is 1. The van der Waals surface area contributed by atoms with Gasteiger partial charge in [-0.1, -0.05) is 35.0 Å². The van der Waals surface area contributed by atoms with Crippen molar-refractivity contribution in [2.24, 2.45) is 5.73 Å². The maximum Gasteiger partial charge on any atom is 0.304 e. The number of carbonyl (C=O) groups is 1. The third-order valence-electron chi connectivity index (χ3n) is 3.01. The van der Waals surface area contributed by atoms with Crippen molar-refractivity contribution in [3.63, 3.8) is 0 Å². The predicted molar refractivity (Wildman–Crippen MR) is 67.4 cm³/mol. The molecule has 0 amide bonds. The first kappa shape index (κ1) is 13.2. The van der Waals surface area contributed by atoms with Crippen LogP contribution in [0.5, 0.6) is 0 Å². The smallest absolute Gasteiger partial charge is 0.304 e. The fraction of sp³-hybridized carbons (Fsp3) is 0.417. The molecule has 1 rings (SSSR count). The van der Waals surface area contributed by atoms with Crippen LogP contribution in [0.3, 0.4) is 0 Å². The van der Waals surface area contributed by atoms with E-state index in [4.69, 9.17) is 10.8 Å². The largest absolute Gasteiger partial charge is 0.481 e. The Labute approximate surface area is 104 Å². The Morgan fingerprint density at radius 1 is 1.62 bits per heavy atom. The first-order valence-corrected chi connectivity index (χ1v) is 5.89. The topological polar surface area (TPSA) is 63.3 Å². The lowest BCUT2D eigenvalue weighted by Gasteiger charge is -2.32. The Morgan fingerprint density at radius 3 is 2.69 bits per heavy atom. The summed E-state index contributed by atoms with van der Waals surface area (Å²) in [6.07, 6.45) is 0.0289. The van der Waals surface area contributed by atoms with E-state index >= 15 is 0 Å². The first-order chi connectivity index (χ1) is 7.36. The monoisotopic (exact) mass is 285 g/mol. The number of rotatable bonds is 4. The van der Waals surface area contributed by atoms with Crippen molar-refractivity contribution >= 4 is 21.9 Å². The molecule has 0 bridgehead atoms. The van der Waals surface area contributed by atoms with Crippen LogP contribution in [0.1, 0.15) is 25.8 Å². The number of hydrogen-bond acceptors (Lipinski definition) is 2. The van der Waals surface area contributed by atoms with E-state index in [0.29, 0.717) is 0 Å². The highest BCUT2D eigenvalue weighted by Gasteiger charge is 2.33. The zero-order valence-corrected chi connectivity index (χ0v) is 11.0. The number of halogens is 1. The van der Waals surface area contributed by atoms with Gasteiger partial charge >= 0.3 is 5.97 Å². The van der Waals surface area contributed by atoms with Crippen molar-refractivity contribution in [2.75, 3.05) is 0 Å². The summed E-state index contributed by atoms with van der Waals surface area (Å²) in [5, 5.41) is 8.96. The minimum Gasteiger partial charge on any atom is -0.481 e. The number of hydrogen-bond donors (Lipinski definition) is 2. The highest BCUT2D eigenvalue weighted by atomic mass is 79.9. The van der Waals surface area contributed by atoms with E-state index in [-0.39, 0.29) is 12.5 Å². The molecule has 2 unspecified atom stereocenters. The summed E-state index contributed by atoms with van der Waals surface area (Å²) in [5.41, 5.74) is 6.32. The van der Waals surface area contributed by atoms with Crippen molar-refractivity contribution < 1.29 is 9.90 Å². The van der Waals surface area contributed by atoms with Gasteiger partial charge in [0.05, 0.1) is 6.42 Å². The molecule has 0 saturated heterocycles. The molecule has 0 aliphatic rings. The lowest BCUT2D eigenvalue weighted by Crippen LogP contribution is -2.42. The Bertz CT molecular complexity index is 392. The Balaban J connectivity index is 3.16. The van der Waals surface area contributed by atoms with Gasteiger partial charge < -0.3 is 10.8 Å². The van der Waals surface area contributed by atoms with E-state index in [9.17, 15) is 4.79 Å². The molecule has 2 atom stereocenters. The SMILES string of the molecule is CC(N)C(C)(CC(=O)O)c1cccc(Br)c1. The van der Waals surface area contributed by atoms with Crippen molar-refractivity contribution in [1.29, 1.82) is 0 Å². The molecule has 0 radical (unpaired) electrons. The zero-order valence-electron chi connectivity index (χ0n) is 9.40. The van der Waals surface area contributed by atoms with Crippen LogP contribution in [0.15, 0.2) is 28.7 Å². The second-order valence-corrected chi connectivity index (χ2v) is 5.20. The van der Waals surface area contributed by atoms with E-state index in [1.165, 1.54) is 0 Å². The average molecular weight is 286 g/mol. The standard InChI is InChI=1S/C12H16BrNO2/c1-8(14)12(2,7-11(15)16)9-4-3-5-10(13)6-9/h3-6,8H,7,14H2,1-2H3,(H,15,16). The molecule has 0 aromatic heterocycles. The van der Waals surface area contributed by atoms with E-state index in [1.807, 2.05) is 38.1 Å². The fourth-order valence-electron chi connectivity index (χ4n) is 1.68. The normalized spacial score (nSPS) is 16.5. The van der Waals surface area contributed by atoms with Gasteiger partial charge in [-0.3, -0.25) is 4.79 Å². The minimum atomic E-state index is -0.834. The quantitative estimate of drug-likeness (QED) is 0.894. The van der Waals surface area contributed by atoms with Gasteiger partial charge in [0.15, 0.2) is 0 Å². The lowest BCUT2D eigenvalue weighted by atomic mass is 9.74. The van der Waals surface area contributed by atoms with E-state index in [0.717, 1.165) is 10.0 Å². The second-order valence-electron chi connectivity index (χ2n) is 4.29. The molecule has 3 nitrogen and oxygen atoms in total. The molecule has 0 aliphatic carbocycles. The summed E-state index contributed by atoms with van der Waals surface area (Å²) in [7, 11) is 0. The van der Waals surface area contributed by atoms with Crippen LogP contribution < -0.4 is 5.73 Å². The van der Waals surface area contributed by atoms with Crippen LogP contribution in [0.2, 0.25) is 0 Å². The maximum absolute atomic E-state index is 10.9. The molecule has 1 aromatic carbocycles. The number of nitrogens with two attached hydrogens (primary N) is 1. The molecule has 0 saturated carbocycles. The number of carboxylic acid groups (broad SMARTS) is 1. The van der Waals surface area contributed by atoms with Crippen LogP contribution in [0.25, 0.3) is 0 Å². The van der Waals surface area contributed by atoms with Crippen LogP contribution in [0, 0.1) is 0 Å². The third-order valence-corrected chi connectivity index (χ3v) is 3.50. The Kier molecular flexibility index (Phi) is 4.10. The van der Waals surface area contributed by atoms with E-state index in [2.05, 4.69) is 15.9 Å². The number of benzene rings is 1. The zero-order chi connectivity index (χ0) is 12.3. The first-order valence-electron chi connectivity index (χ1n) is 5.09. The molecule has 0 spiro atoms. The summed E-state index contributed by atoms with van der Waals surface area (Å²) in [4.78, 5) is 10.9. The van der Waals surface area contributed by atoms with Crippen molar-refractivity contribution in [2.45, 2.75) is 31.7 Å². The van der Waals surface area contributed by atoms with Gasteiger partial charge in [-0.15, -0.1) is 0 Å². The molecule has 3 N–H and O–H groups in total. The lowest BCUT2D eigenvalue weighted by molar-refractivity contribution is -0.138. The van der Waals surface area contributed by atoms with E-state index < -0.39 is 11.4 Å². The van der Waals surface area contributed by atoms with Gasteiger partial charge in [-0.25, -0.2) is 0 Å². The van der Waals surface area contributed by atoms with Crippen molar-refractivity contribution in [3.8, 4) is 0 Å². The summed E-state index contributed by atoms with van der Waals surface area (Å²) in [6.45, 7) is 3.72.